The highest BCUT2D eigenvalue weighted by molar-refractivity contribution is 5.47. The summed E-state index contributed by atoms with van der Waals surface area (Å²) in [6.07, 6.45) is 5.03. The van der Waals surface area contributed by atoms with Crippen molar-refractivity contribution in [3.8, 4) is 0 Å². The third-order valence-electron chi connectivity index (χ3n) is 5.25. The lowest BCUT2D eigenvalue weighted by molar-refractivity contribution is 0.114. The fourth-order valence-electron chi connectivity index (χ4n) is 3.82. The van der Waals surface area contributed by atoms with Crippen LogP contribution in [-0.2, 0) is 4.74 Å². The molecular weight excluding hydrogens is 279 g/mol. The van der Waals surface area contributed by atoms with Crippen LogP contribution < -0.4 is 4.90 Å². The van der Waals surface area contributed by atoms with E-state index in [0.717, 1.165) is 31.3 Å². The van der Waals surface area contributed by atoms with Gasteiger partial charge in [-0.2, -0.15) is 0 Å². The van der Waals surface area contributed by atoms with Gasteiger partial charge in [0.1, 0.15) is 5.82 Å². The monoisotopic (exact) mass is 306 g/mol. The van der Waals surface area contributed by atoms with Gasteiger partial charge in [-0.25, -0.2) is 4.39 Å². The molecule has 2 heterocycles. The van der Waals surface area contributed by atoms with Crippen LogP contribution in [0, 0.1) is 11.7 Å². The Hall–Kier alpha value is -1.13. The molecule has 1 aromatic carbocycles. The zero-order chi connectivity index (χ0) is 15.4. The molecule has 0 unspecified atom stereocenters. The van der Waals surface area contributed by atoms with Gasteiger partial charge in [0.25, 0.3) is 0 Å². The molecule has 122 valence electrons. The third kappa shape index (κ3) is 3.79. The molecule has 0 bridgehead atoms. The molecule has 0 spiro atoms. The number of hydrogen-bond donors (Lipinski definition) is 0. The molecule has 3 rings (SSSR count). The standard InChI is InChI=1S/C18H27FN2O/c1-22-13-9-15-6-10-20(11-7-15)18-8-12-21(14-18)17-4-2-16(19)3-5-17/h2-5,15,18H,6-14H2,1H3/t18-/m0/s1. The summed E-state index contributed by atoms with van der Waals surface area (Å²) in [4.78, 5) is 5.05. The maximum absolute atomic E-state index is 13.0. The van der Waals surface area contributed by atoms with Gasteiger partial charge < -0.3 is 9.64 Å². The molecule has 1 aromatic rings. The molecule has 0 radical (unpaired) electrons. The Morgan fingerprint density at radius 2 is 1.82 bits per heavy atom. The number of anilines is 1. The lowest BCUT2D eigenvalue weighted by Crippen LogP contribution is -2.43. The lowest BCUT2D eigenvalue weighted by atomic mass is 9.93. The molecule has 22 heavy (non-hydrogen) atoms. The molecule has 0 aromatic heterocycles. The van der Waals surface area contributed by atoms with Crippen molar-refractivity contribution in [2.75, 3.05) is 44.8 Å². The van der Waals surface area contributed by atoms with E-state index < -0.39 is 0 Å². The number of rotatable bonds is 5. The van der Waals surface area contributed by atoms with Crippen molar-refractivity contribution in [2.45, 2.75) is 31.7 Å². The first-order valence-electron chi connectivity index (χ1n) is 8.50. The van der Waals surface area contributed by atoms with Crippen molar-refractivity contribution in [1.82, 2.24) is 4.90 Å². The average Bonchev–Trinajstić information content (AvgIpc) is 3.04. The largest absolute Gasteiger partial charge is 0.385 e. The maximum Gasteiger partial charge on any atom is 0.123 e. The second-order valence-electron chi connectivity index (χ2n) is 6.63. The van der Waals surface area contributed by atoms with E-state index in [1.807, 2.05) is 12.1 Å². The van der Waals surface area contributed by atoms with Crippen molar-refractivity contribution in [3.63, 3.8) is 0 Å². The summed E-state index contributed by atoms with van der Waals surface area (Å²) in [7, 11) is 1.79. The highest BCUT2D eigenvalue weighted by atomic mass is 19.1. The summed E-state index contributed by atoms with van der Waals surface area (Å²) in [5.74, 6) is 0.684. The van der Waals surface area contributed by atoms with Gasteiger partial charge >= 0.3 is 0 Å². The summed E-state index contributed by atoms with van der Waals surface area (Å²) in [6, 6.07) is 7.57. The van der Waals surface area contributed by atoms with E-state index >= 15 is 0 Å². The van der Waals surface area contributed by atoms with Gasteiger partial charge in [0.15, 0.2) is 0 Å². The van der Waals surface area contributed by atoms with Crippen LogP contribution >= 0.6 is 0 Å². The quantitative estimate of drug-likeness (QED) is 0.831. The molecule has 0 N–H and O–H groups in total. The van der Waals surface area contributed by atoms with Crippen molar-refractivity contribution in [3.05, 3.63) is 30.1 Å². The van der Waals surface area contributed by atoms with Gasteiger partial charge in [0.2, 0.25) is 0 Å². The van der Waals surface area contributed by atoms with Gasteiger partial charge in [-0.3, -0.25) is 4.90 Å². The molecule has 0 saturated carbocycles. The fraction of sp³-hybridized carbons (Fsp3) is 0.667. The summed E-state index contributed by atoms with van der Waals surface area (Å²) in [5, 5.41) is 0. The molecule has 2 fully saturated rings. The van der Waals surface area contributed by atoms with E-state index in [2.05, 4.69) is 9.80 Å². The van der Waals surface area contributed by atoms with Crippen molar-refractivity contribution < 1.29 is 9.13 Å². The van der Waals surface area contributed by atoms with Crippen LogP contribution in [0.1, 0.15) is 25.7 Å². The molecule has 2 saturated heterocycles. The summed E-state index contributed by atoms with van der Waals surface area (Å²) < 4.78 is 18.2. The van der Waals surface area contributed by atoms with Crippen LogP contribution in [0.3, 0.4) is 0 Å². The maximum atomic E-state index is 13.0. The van der Waals surface area contributed by atoms with E-state index in [-0.39, 0.29) is 5.82 Å². The predicted octanol–water partition coefficient (Wildman–Crippen LogP) is 3.15. The molecule has 1 atom stereocenters. The average molecular weight is 306 g/mol. The molecule has 4 heteroatoms. The first-order chi connectivity index (χ1) is 10.8. The van der Waals surface area contributed by atoms with Crippen LogP contribution in [0.4, 0.5) is 10.1 Å². The van der Waals surface area contributed by atoms with E-state index in [1.165, 1.54) is 38.8 Å². The van der Waals surface area contributed by atoms with E-state index in [0.29, 0.717) is 6.04 Å². The van der Waals surface area contributed by atoms with Gasteiger partial charge in [0, 0.05) is 38.5 Å². The van der Waals surface area contributed by atoms with Gasteiger partial charge in [0.05, 0.1) is 0 Å². The number of benzene rings is 1. The fourth-order valence-corrected chi connectivity index (χ4v) is 3.82. The third-order valence-corrected chi connectivity index (χ3v) is 5.25. The minimum absolute atomic E-state index is 0.155. The second kappa shape index (κ2) is 7.42. The van der Waals surface area contributed by atoms with Gasteiger partial charge in [-0.1, -0.05) is 0 Å². The van der Waals surface area contributed by atoms with Crippen molar-refractivity contribution >= 4 is 5.69 Å². The summed E-state index contributed by atoms with van der Waals surface area (Å²) in [6.45, 7) is 5.49. The van der Waals surface area contributed by atoms with Crippen molar-refractivity contribution in [2.24, 2.45) is 5.92 Å². The first-order valence-corrected chi connectivity index (χ1v) is 8.50. The smallest absolute Gasteiger partial charge is 0.123 e. The molecular formula is C18H27FN2O. The normalized spacial score (nSPS) is 24.1. The Balaban J connectivity index is 1.48. The molecule has 0 aliphatic carbocycles. The highest BCUT2D eigenvalue weighted by Crippen LogP contribution is 2.27. The number of piperidine rings is 1. The predicted molar refractivity (Wildman–Crippen MR) is 87.8 cm³/mol. The molecule has 2 aliphatic rings. The SMILES string of the molecule is COCCC1CCN([C@H]2CCN(c3ccc(F)cc3)C2)CC1. The number of ether oxygens (including phenoxy) is 1. The Labute approximate surface area is 133 Å². The Morgan fingerprint density at radius 1 is 1.09 bits per heavy atom. The number of hydrogen-bond acceptors (Lipinski definition) is 3. The van der Waals surface area contributed by atoms with Gasteiger partial charge in [-0.15, -0.1) is 0 Å². The zero-order valence-corrected chi connectivity index (χ0v) is 13.5. The minimum atomic E-state index is -0.155. The Morgan fingerprint density at radius 3 is 2.50 bits per heavy atom. The number of halogens is 1. The van der Waals surface area contributed by atoms with Gasteiger partial charge in [-0.05, 0) is 69.0 Å². The van der Waals surface area contributed by atoms with Crippen LogP contribution in [-0.4, -0.2) is 50.8 Å². The van der Waals surface area contributed by atoms with E-state index in [4.69, 9.17) is 4.74 Å². The summed E-state index contributed by atoms with van der Waals surface area (Å²) >= 11 is 0. The zero-order valence-electron chi connectivity index (χ0n) is 13.5. The number of methoxy groups -OCH3 is 1. The number of nitrogens with zero attached hydrogens (tertiary/aromatic N) is 2. The lowest BCUT2D eigenvalue weighted by Gasteiger charge is -2.36. The summed E-state index contributed by atoms with van der Waals surface area (Å²) in [5.41, 5.74) is 1.15. The highest BCUT2D eigenvalue weighted by Gasteiger charge is 2.30. The molecule has 2 aliphatic heterocycles. The molecule has 3 nitrogen and oxygen atoms in total. The van der Waals surface area contributed by atoms with E-state index in [1.54, 1.807) is 19.2 Å². The number of likely N-dealkylation sites (tertiary alicyclic amines) is 1. The minimum Gasteiger partial charge on any atom is -0.385 e. The molecule has 0 amide bonds. The second-order valence-corrected chi connectivity index (χ2v) is 6.63. The van der Waals surface area contributed by atoms with Crippen LogP contribution in [0.5, 0.6) is 0 Å². The Bertz CT molecular complexity index is 457. The van der Waals surface area contributed by atoms with Crippen LogP contribution in [0.25, 0.3) is 0 Å². The van der Waals surface area contributed by atoms with Crippen molar-refractivity contribution in [1.29, 1.82) is 0 Å². The van der Waals surface area contributed by atoms with Crippen LogP contribution in [0.15, 0.2) is 24.3 Å². The van der Waals surface area contributed by atoms with E-state index in [9.17, 15) is 4.39 Å². The topological polar surface area (TPSA) is 15.7 Å². The Kier molecular flexibility index (Phi) is 5.32. The van der Waals surface area contributed by atoms with Crippen LogP contribution in [0.2, 0.25) is 0 Å². The first kappa shape index (κ1) is 15.8.